The molecule has 156 valence electrons. The van der Waals surface area contributed by atoms with Gasteiger partial charge in [0, 0.05) is 24.6 Å². The summed E-state index contributed by atoms with van der Waals surface area (Å²) in [6, 6.07) is 13.4. The number of aliphatic hydroxyl groups excluding tert-OH is 1. The number of halogens is 1. The van der Waals surface area contributed by atoms with Crippen LogP contribution in [-0.2, 0) is 6.54 Å². The quantitative estimate of drug-likeness (QED) is 0.638. The molecule has 1 aliphatic rings. The van der Waals surface area contributed by atoms with E-state index in [4.69, 9.17) is 4.74 Å². The van der Waals surface area contributed by atoms with E-state index in [1.54, 1.807) is 35.2 Å². The number of amides is 1. The summed E-state index contributed by atoms with van der Waals surface area (Å²) in [5.74, 6) is 0.387. The number of carbonyl (C=O) groups excluding carboxylic acids is 1. The first-order chi connectivity index (χ1) is 14.6. The van der Waals surface area contributed by atoms with Gasteiger partial charge >= 0.3 is 0 Å². The first kappa shape index (κ1) is 20.0. The molecule has 1 fully saturated rings. The van der Waals surface area contributed by atoms with Crippen LogP contribution in [0.1, 0.15) is 28.3 Å². The van der Waals surface area contributed by atoms with E-state index >= 15 is 0 Å². The molecule has 2 atom stereocenters. The van der Waals surface area contributed by atoms with E-state index in [9.17, 15) is 14.3 Å². The fourth-order valence-corrected chi connectivity index (χ4v) is 3.56. The maximum absolute atomic E-state index is 13.5. The molecule has 30 heavy (non-hydrogen) atoms. The van der Waals surface area contributed by atoms with Gasteiger partial charge in [-0.3, -0.25) is 4.79 Å². The zero-order chi connectivity index (χ0) is 20.9. The number of hydrogen-bond donors (Lipinski definition) is 1. The lowest BCUT2D eigenvalue weighted by molar-refractivity contribution is 0.0788. The second kappa shape index (κ2) is 9.00. The van der Waals surface area contributed by atoms with Gasteiger partial charge in [0.15, 0.2) is 6.33 Å². The molecular formula is C21H22FN5O3. The number of hydrogen-bond acceptors (Lipinski definition) is 6. The Kier molecular flexibility index (Phi) is 5.99. The highest BCUT2D eigenvalue weighted by atomic mass is 19.1. The van der Waals surface area contributed by atoms with E-state index in [-0.39, 0.29) is 30.8 Å². The Labute approximate surface area is 172 Å². The molecule has 3 aromatic rings. The molecule has 0 bridgehead atoms. The van der Waals surface area contributed by atoms with Crippen molar-refractivity contribution in [3.8, 4) is 5.75 Å². The number of likely N-dealkylation sites (tertiary alicyclic amines) is 1. The van der Waals surface area contributed by atoms with Crippen LogP contribution in [0.25, 0.3) is 0 Å². The van der Waals surface area contributed by atoms with E-state index in [0.717, 1.165) is 12.0 Å². The minimum absolute atomic E-state index is 0.0576. The van der Waals surface area contributed by atoms with E-state index in [1.807, 2.05) is 6.07 Å². The highest BCUT2D eigenvalue weighted by molar-refractivity contribution is 5.94. The van der Waals surface area contributed by atoms with Gasteiger partial charge in [0.2, 0.25) is 0 Å². The highest BCUT2D eigenvalue weighted by Crippen LogP contribution is 2.28. The van der Waals surface area contributed by atoms with Crippen molar-refractivity contribution < 1.29 is 19.0 Å². The molecule has 1 saturated heterocycles. The minimum atomic E-state index is -0.787. The lowest BCUT2D eigenvalue weighted by atomic mass is 9.98. The van der Waals surface area contributed by atoms with Gasteiger partial charge < -0.3 is 14.7 Å². The van der Waals surface area contributed by atoms with Crippen LogP contribution in [-0.4, -0.2) is 61.9 Å². The molecule has 1 unspecified atom stereocenters. The van der Waals surface area contributed by atoms with Gasteiger partial charge in [0.25, 0.3) is 5.91 Å². The predicted octanol–water partition coefficient (Wildman–Crippen LogP) is 1.88. The molecular weight excluding hydrogens is 389 g/mol. The van der Waals surface area contributed by atoms with E-state index in [0.29, 0.717) is 24.4 Å². The Morgan fingerprint density at radius 3 is 2.83 bits per heavy atom. The molecule has 9 heteroatoms. The van der Waals surface area contributed by atoms with Gasteiger partial charge in [-0.05, 0) is 53.6 Å². The number of aromatic nitrogens is 4. The van der Waals surface area contributed by atoms with Crippen molar-refractivity contribution in [1.29, 1.82) is 0 Å². The van der Waals surface area contributed by atoms with Crippen LogP contribution in [0.5, 0.6) is 5.75 Å². The zero-order valence-corrected chi connectivity index (χ0v) is 16.3. The second-order valence-electron chi connectivity index (χ2n) is 7.27. The van der Waals surface area contributed by atoms with Crippen molar-refractivity contribution in [3.63, 3.8) is 0 Å². The summed E-state index contributed by atoms with van der Waals surface area (Å²) < 4.78 is 19.0. The summed E-state index contributed by atoms with van der Waals surface area (Å²) in [4.78, 5) is 15.9. The Balaban J connectivity index is 1.30. The highest BCUT2D eigenvalue weighted by Gasteiger charge is 2.28. The first-order valence-corrected chi connectivity index (χ1v) is 9.75. The average Bonchev–Trinajstić information content (AvgIpc) is 3.44. The number of carbonyl (C=O) groups is 1. The molecule has 2 aromatic carbocycles. The number of tetrazole rings is 1. The van der Waals surface area contributed by atoms with E-state index < -0.39 is 6.10 Å². The molecule has 0 spiro atoms. The summed E-state index contributed by atoms with van der Waals surface area (Å²) >= 11 is 0. The van der Waals surface area contributed by atoms with Crippen LogP contribution >= 0.6 is 0 Å². The molecule has 0 saturated carbocycles. The molecule has 0 aliphatic carbocycles. The Bertz CT molecular complexity index is 981. The van der Waals surface area contributed by atoms with Gasteiger partial charge in [0.1, 0.15) is 24.3 Å². The number of benzene rings is 2. The van der Waals surface area contributed by atoms with Crippen molar-refractivity contribution in [1.82, 2.24) is 25.1 Å². The van der Waals surface area contributed by atoms with Crippen LogP contribution in [0.3, 0.4) is 0 Å². The minimum Gasteiger partial charge on any atom is -0.491 e. The number of ether oxygens (including phenoxy) is 1. The van der Waals surface area contributed by atoms with Crippen LogP contribution in [0.2, 0.25) is 0 Å². The fourth-order valence-electron chi connectivity index (χ4n) is 3.56. The lowest BCUT2D eigenvalue weighted by Crippen LogP contribution is -2.28. The predicted molar refractivity (Wildman–Crippen MR) is 105 cm³/mol. The third-order valence-electron chi connectivity index (χ3n) is 5.10. The smallest absolute Gasteiger partial charge is 0.253 e. The number of rotatable bonds is 7. The molecule has 4 rings (SSSR count). The van der Waals surface area contributed by atoms with Crippen LogP contribution in [0, 0.1) is 5.82 Å². The van der Waals surface area contributed by atoms with Gasteiger partial charge in [-0.25, -0.2) is 4.39 Å². The SMILES string of the molecule is O=C(c1ccc(OC[C@H](O)Cn2ncnn2)cc1)N1CCC(c2cccc(F)c2)C1. The normalized spacial score (nSPS) is 17.1. The summed E-state index contributed by atoms with van der Waals surface area (Å²) in [5, 5.41) is 21.1. The average molecular weight is 411 g/mol. The van der Waals surface area contributed by atoms with Crippen molar-refractivity contribution in [2.45, 2.75) is 25.0 Å². The molecule has 8 nitrogen and oxygen atoms in total. The molecule has 0 radical (unpaired) electrons. The summed E-state index contributed by atoms with van der Waals surface area (Å²) in [5.41, 5.74) is 1.49. The third-order valence-corrected chi connectivity index (χ3v) is 5.10. The van der Waals surface area contributed by atoms with Crippen molar-refractivity contribution in [2.75, 3.05) is 19.7 Å². The number of nitrogens with zero attached hydrogens (tertiary/aromatic N) is 5. The van der Waals surface area contributed by atoms with Gasteiger partial charge in [0.05, 0.1) is 6.54 Å². The Hall–Kier alpha value is -3.33. The van der Waals surface area contributed by atoms with Gasteiger partial charge in [-0.2, -0.15) is 4.80 Å². The Morgan fingerprint density at radius 2 is 2.10 bits per heavy atom. The molecule has 1 aromatic heterocycles. The topological polar surface area (TPSA) is 93.4 Å². The molecule has 2 heterocycles. The molecule has 1 N–H and O–H groups in total. The summed E-state index contributed by atoms with van der Waals surface area (Å²) in [7, 11) is 0. The fraction of sp³-hybridized carbons (Fsp3) is 0.333. The maximum Gasteiger partial charge on any atom is 0.253 e. The first-order valence-electron chi connectivity index (χ1n) is 9.75. The third kappa shape index (κ3) is 4.80. The van der Waals surface area contributed by atoms with Crippen LogP contribution in [0.15, 0.2) is 54.9 Å². The van der Waals surface area contributed by atoms with Crippen molar-refractivity contribution in [2.24, 2.45) is 0 Å². The molecule has 1 aliphatic heterocycles. The van der Waals surface area contributed by atoms with Gasteiger partial charge in [-0.1, -0.05) is 12.1 Å². The molecule has 1 amide bonds. The van der Waals surface area contributed by atoms with Gasteiger partial charge in [-0.15, -0.1) is 10.2 Å². The largest absolute Gasteiger partial charge is 0.491 e. The Morgan fingerprint density at radius 1 is 1.27 bits per heavy atom. The van der Waals surface area contributed by atoms with Crippen molar-refractivity contribution >= 4 is 5.91 Å². The standard InChI is InChI=1S/C21H22FN5O3/c22-18-3-1-2-16(10-18)17-8-9-26(11-17)21(29)15-4-6-20(7-5-15)30-13-19(28)12-27-24-14-23-25-27/h1-7,10,14,17,19,28H,8-9,11-13H2/t17?,19-/m1/s1. The maximum atomic E-state index is 13.5. The lowest BCUT2D eigenvalue weighted by Gasteiger charge is -2.17. The van der Waals surface area contributed by atoms with Crippen molar-refractivity contribution in [3.05, 3.63) is 71.8 Å². The zero-order valence-electron chi connectivity index (χ0n) is 16.3. The van der Waals surface area contributed by atoms with Crippen LogP contribution < -0.4 is 4.74 Å². The van der Waals surface area contributed by atoms with E-state index in [1.165, 1.54) is 23.3 Å². The number of aliphatic hydroxyl groups is 1. The van der Waals surface area contributed by atoms with E-state index in [2.05, 4.69) is 15.4 Å². The summed E-state index contributed by atoms with van der Waals surface area (Å²) in [6.45, 7) is 1.46. The monoisotopic (exact) mass is 411 g/mol. The summed E-state index contributed by atoms with van der Waals surface area (Å²) in [6.07, 6.45) is 1.32. The second-order valence-corrected chi connectivity index (χ2v) is 7.27. The van der Waals surface area contributed by atoms with Crippen LogP contribution in [0.4, 0.5) is 4.39 Å².